The third kappa shape index (κ3) is 5.07. The van der Waals surface area contributed by atoms with Crippen molar-refractivity contribution in [2.45, 2.75) is 13.8 Å². The number of nitrogens with zero attached hydrogens (tertiary/aromatic N) is 1. The summed E-state index contributed by atoms with van der Waals surface area (Å²) in [7, 11) is 3.99. The zero-order valence-corrected chi connectivity index (χ0v) is 12.3. The fourth-order valence-electron chi connectivity index (χ4n) is 1.45. The molecule has 1 rings (SSSR count). The van der Waals surface area contributed by atoms with E-state index in [0.717, 1.165) is 6.54 Å². The first-order chi connectivity index (χ1) is 8.02. The summed E-state index contributed by atoms with van der Waals surface area (Å²) < 4.78 is 5.66. The Hall–Kier alpha value is -1.06. The van der Waals surface area contributed by atoms with E-state index in [4.69, 9.17) is 4.74 Å². The van der Waals surface area contributed by atoms with Gasteiger partial charge in [-0.15, -0.1) is 12.4 Å². The molecule has 3 nitrogen and oxygen atoms in total. The highest BCUT2D eigenvalue weighted by Gasteiger charge is 2.15. The molecule has 0 fully saturated rings. The molecule has 18 heavy (non-hydrogen) atoms. The Morgan fingerprint density at radius 2 is 1.89 bits per heavy atom. The van der Waals surface area contributed by atoms with Crippen LogP contribution in [0.4, 0.5) is 0 Å². The van der Waals surface area contributed by atoms with Gasteiger partial charge in [0, 0.05) is 12.5 Å². The van der Waals surface area contributed by atoms with E-state index in [0.29, 0.717) is 17.9 Å². The number of rotatable bonds is 6. The van der Waals surface area contributed by atoms with Crippen molar-refractivity contribution in [1.82, 2.24) is 4.90 Å². The summed E-state index contributed by atoms with van der Waals surface area (Å²) in [6.45, 7) is 5.23. The number of hydrogen-bond acceptors (Lipinski definition) is 3. The predicted octanol–water partition coefficient (Wildman–Crippen LogP) is 2.89. The lowest BCUT2D eigenvalue weighted by Crippen LogP contribution is -2.20. The van der Waals surface area contributed by atoms with E-state index in [2.05, 4.69) is 0 Å². The maximum absolute atomic E-state index is 12.0. The summed E-state index contributed by atoms with van der Waals surface area (Å²) in [5.74, 6) is 0.812. The topological polar surface area (TPSA) is 29.5 Å². The fraction of sp³-hybridized carbons (Fsp3) is 0.500. The largest absolute Gasteiger partial charge is 0.491 e. The van der Waals surface area contributed by atoms with Gasteiger partial charge in [-0.25, -0.2) is 0 Å². The maximum atomic E-state index is 12.0. The Balaban J connectivity index is 0.00000289. The van der Waals surface area contributed by atoms with Gasteiger partial charge in [0.05, 0.1) is 5.56 Å². The van der Waals surface area contributed by atoms with Crippen LogP contribution >= 0.6 is 12.4 Å². The summed E-state index contributed by atoms with van der Waals surface area (Å²) >= 11 is 0. The monoisotopic (exact) mass is 271 g/mol. The lowest BCUT2D eigenvalue weighted by molar-refractivity contribution is 0.0935. The van der Waals surface area contributed by atoms with Crippen molar-refractivity contribution in [1.29, 1.82) is 0 Å². The molecule has 102 valence electrons. The molecular weight excluding hydrogens is 250 g/mol. The van der Waals surface area contributed by atoms with Crippen LogP contribution in [0.15, 0.2) is 24.3 Å². The number of carbonyl (C=O) groups excluding carboxylic acids is 1. The standard InChI is InChI=1S/C14H21NO2.ClH/c1-11(2)14(16)12-7-5-6-8-13(12)17-10-9-15(3)4;/h5-8,11H,9-10H2,1-4H3;1H. The highest BCUT2D eigenvalue weighted by atomic mass is 35.5. The van der Waals surface area contributed by atoms with Gasteiger partial charge in [0.15, 0.2) is 5.78 Å². The molecule has 0 spiro atoms. The number of Topliss-reactive ketones (excluding diaryl/α,β-unsaturated/α-hetero) is 1. The van der Waals surface area contributed by atoms with Crippen LogP contribution < -0.4 is 4.74 Å². The van der Waals surface area contributed by atoms with Crippen LogP contribution in [0.5, 0.6) is 5.75 Å². The minimum absolute atomic E-state index is 0. The summed E-state index contributed by atoms with van der Waals surface area (Å²) in [4.78, 5) is 14.0. The average molecular weight is 272 g/mol. The quantitative estimate of drug-likeness (QED) is 0.745. The number of halogens is 1. The predicted molar refractivity (Wildman–Crippen MR) is 76.9 cm³/mol. The van der Waals surface area contributed by atoms with E-state index in [9.17, 15) is 4.79 Å². The Bertz CT molecular complexity index is 378. The third-order valence-corrected chi connectivity index (χ3v) is 2.47. The molecule has 0 heterocycles. The third-order valence-electron chi connectivity index (χ3n) is 2.47. The van der Waals surface area contributed by atoms with Crippen LogP contribution in [0.2, 0.25) is 0 Å². The summed E-state index contributed by atoms with van der Waals surface area (Å²) in [6, 6.07) is 7.44. The van der Waals surface area contributed by atoms with Gasteiger partial charge in [-0.1, -0.05) is 26.0 Å². The SMILES string of the molecule is CC(C)C(=O)c1ccccc1OCCN(C)C.Cl. The van der Waals surface area contributed by atoms with Crippen molar-refractivity contribution in [2.75, 3.05) is 27.2 Å². The van der Waals surface area contributed by atoms with E-state index in [1.807, 2.05) is 57.1 Å². The van der Waals surface area contributed by atoms with E-state index in [1.165, 1.54) is 0 Å². The molecule has 1 aromatic carbocycles. The molecule has 0 aliphatic rings. The van der Waals surface area contributed by atoms with Crippen molar-refractivity contribution in [3.63, 3.8) is 0 Å². The molecule has 4 heteroatoms. The van der Waals surface area contributed by atoms with Gasteiger partial charge < -0.3 is 9.64 Å². The number of hydrogen-bond donors (Lipinski definition) is 0. The van der Waals surface area contributed by atoms with Crippen molar-refractivity contribution in [3.8, 4) is 5.75 Å². The lowest BCUT2D eigenvalue weighted by atomic mass is 10.0. The molecule has 0 bridgehead atoms. The van der Waals surface area contributed by atoms with Crippen LogP contribution in [0.25, 0.3) is 0 Å². The molecule has 1 aromatic rings. The Morgan fingerprint density at radius 1 is 1.28 bits per heavy atom. The van der Waals surface area contributed by atoms with E-state index >= 15 is 0 Å². The smallest absolute Gasteiger partial charge is 0.169 e. The molecule has 0 atom stereocenters. The number of carbonyl (C=O) groups is 1. The van der Waals surface area contributed by atoms with Crippen molar-refractivity contribution in [3.05, 3.63) is 29.8 Å². The highest BCUT2D eigenvalue weighted by Crippen LogP contribution is 2.21. The van der Waals surface area contributed by atoms with Crippen molar-refractivity contribution in [2.24, 2.45) is 5.92 Å². The van der Waals surface area contributed by atoms with E-state index in [1.54, 1.807) is 0 Å². The number of ether oxygens (including phenoxy) is 1. The fourth-order valence-corrected chi connectivity index (χ4v) is 1.45. The summed E-state index contributed by atoms with van der Waals surface area (Å²) in [6.07, 6.45) is 0. The van der Waals surface area contributed by atoms with Gasteiger partial charge in [-0.2, -0.15) is 0 Å². The maximum Gasteiger partial charge on any atom is 0.169 e. The Kier molecular flexibility index (Phi) is 7.64. The first kappa shape index (κ1) is 16.9. The van der Waals surface area contributed by atoms with Crippen LogP contribution in [0.3, 0.4) is 0 Å². The summed E-state index contributed by atoms with van der Waals surface area (Å²) in [5.41, 5.74) is 0.682. The van der Waals surface area contributed by atoms with Crippen molar-refractivity contribution < 1.29 is 9.53 Å². The van der Waals surface area contributed by atoms with Gasteiger partial charge >= 0.3 is 0 Å². The Labute approximate surface area is 116 Å². The van der Waals surface area contributed by atoms with Crippen molar-refractivity contribution >= 4 is 18.2 Å². The molecular formula is C14H22ClNO2. The summed E-state index contributed by atoms with van der Waals surface area (Å²) in [5, 5.41) is 0. The number of likely N-dealkylation sites (N-methyl/N-ethyl adjacent to an activating group) is 1. The second-order valence-corrected chi connectivity index (χ2v) is 4.67. The van der Waals surface area contributed by atoms with E-state index < -0.39 is 0 Å². The molecule has 0 aliphatic heterocycles. The Morgan fingerprint density at radius 3 is 2.44 bits per heavy atom. The average Bonchev–Trinajstić information content (AvgIpc) is 2.28. The molecule has 0 unspecified atom stereocenters. The highest BCUT2D eigenvalue weighted by molar-refractivity contribution is 5.99. The molecule has 0 N–H and O–H groups in total. The normalized spacial score (nSPS) is 10.3. The van der Waals surface area contributed by atoms with Crippen LogP contribution in [0.1, 0.15) is 24.2 Å². The van der Waals surface area contributed by atoms with Gasteiger partial charge in [-0.3, -0.25) is 4.79 Å². The molecule has 0 saturated heterocycles. The molecule has 0 aromatic heterocycles. The first-order valence-corrected chi connectivity index (χ1v) is 5.93. The van der Waals surface area contributed by atoms with Crippen LogP contribution in [-0.4, -0.2) is 37.9 Å². The van der Waals surface area contributed by atoms with Gasteiger partial charge in [0.25, 0.3) is 0 Å². The van der Waals surface area contributed by atoms with E-state index in [-0.39, 0.29) is 24.1 Å². The molecule has 0 radical (unpaired) electrons. The van der Waals surface area contributed by atoms with Gasteiger partial charge in [0.2, 0.25) is 0 Å². The minimum atomic E-state index is -0.00593. The zero-order chi connectivity index (χ0) is 12.8. The number of benzene rings is 1. The minimum Gasteiger partial charge on any atom is -0.491 e. The number of para-hydroxylation sites is 1. The van der Waals surface area contributed by atoms with Gasteiger partial charge in [-0.05, 0) is 26.2 Å². The molecule has 0 amide bonds. The second kappa shape index (κ2) is 8.11. The van der Waals surface area contributed by atoms with Crippen LogP contribution in [0, 0.1) is 5.92 Å². The zero-order valence-electron chi connectivity index (χ0n) is 11.5. The first-order valence-electron chi connectivity index (χ1n) is 5.93. The lowest BCUT2D eigenvalue weighted by Gasteiger charge is -2.14. The molecule has 0 aliphatic carbocycles. The second-order valence-electron chi connectivity index (χ2n) is 4.67. The van der Waals surface area contributed by atoms with Crippen LogP contribution in [-0.2, 0) is 0 Å². The van der Waals surface area contributed by atoms with Gasteiger partial charge in [0.1, 0.15) is 12.4 Å². The number of ketones is 1. The molecule has 0 saturated carbocycles.